The molecule has 2 aromatic rings. The van der Waals surface area contributed by atoms with Crippen molar-refractivity contribution in [3.8, 4) is 0 Å². The largest absolute Gasteiger partial charge is 0.352 e. The van der Waals surface area contributed by atoms with Gasteiger partial charge in [-0.05, 0) is 68.5 Å². The Morgan fingerprint density at radius 2 is 1.76 bits per heavy atom. The summed E-state index contributed by atoms with van der Waals surface area (Å²) in [5.74, 6) is -0.227. The summed E-state index contributed by atoms with van der Waals surface area (Å²) in [4.78, 5) is 27.6. The topological polar surface area (TPSA) is 49.4 Å². The number of benzene rings is 2. The average Bonchev–Trinajstić information content (AvgIpc) is 2.68. The maximum atomic E-state index is 13.2. The molecule has 0 fully saturated rings. The Morgan fingerprint density at radius 3 is 2.38 bits per heavy atom. The van der Waals surface area contributed by atoms with Crippen molar-refractivity contribution in [2.45, 2.75) is 66.1 Å². The number of amides is 2. The van der Waals surface area contributed by atoms with E-state index in [1.807, 2.05) is 64.1 Å². The number of rotatable bonds is 8. The van der Waals surface area contributed by atoms with Crippen LogP contribution in [-0.2, 0) is 22.6 Å². The molecule has 2 atom stereocenters. The maximum absolute atomic E-state index is 13.2. The first-order valence-electron chi connectivity index (χ1n) is 10.1. The zero-order valence-corrected chi connectivity index (χ0v) is 18.7. The van der Waals surface area contributed by atoms with Crippen LogP contribution in [0.4, 0.5) is 0 Å². The van der Waals surface area contributed by atoms with E-state index in [0.29, 0.717) is 11.6 Å². The fourth-order valence-corrected chi connectivity index (χ4v) is 3.28. The number of aryl methyl sites for hydroxylation is 2. The Kier molecular flexibility index (Phi) is 8.27. The van der Waals surface area contributed by atoms with E-state index in [9.17, 15) is 9.59 Å². The van der Waals surface area contributed by atoms with Gasteiger partial charge < -0.3 is 10.2 Å². The van der Waals surface area contributed by atoms with E-state index >= 15 is 0 Å². The van der Waals surface area contributed by atoms with Gasteiger partial charge >= 0.3 is 0 Å². The van der Waals surface area contributed by atoms with Crippen molar-refractivity contribution >= 4 is 23.4 Å². The number of carbonyl (C=O) groups is 2. The molecule has 0 heterocycles. The summed E-state index contributed by atoms with van der Waals surface area (Å²) in [6, 6.07) is 12.9. The molecule has 0 aliphatic rings. The Labute approximate surface area is 179 Å². The minimum atomic E-state index is -0.581. The van der Waals surface area contributed by atoms with Crippen molar-refractivity contribution in [2.24, 2.45) is 0 Å². The van der Waals surface area contributed by atoms with Crippen LogP contribution < -0.4 is 5.32 Å². The van der Waals surface area contributed by atoms with E-state index in [1.165, 1.54) is 5.56 Å². The summed E-state index contributed by atoms with van der Waals surface area (Å²) >= 11 is 6.12. The molecule has 4 nitrogen and oxygen atoms in total. The Hall–Kier alpha value is -2.33. The van der Waals surface area contributed by atoms with Crippen LogP contribution in [0.1, 0.15) is 49.4 Å². The Morgan fingerprint density at radius 1 is 1.03 bits per heavy atom. The molecular weight excluding hydrogens is 384 g/mol. The van der Waals surface area contributed by atoms with Crippen molar-refractivity contribution in [3.63, 3.8) is 0 Å². The molecule has 0 unspecified atom stereocenters. The molecule has 0 saturated heterocycles. The van der Waals surface area contributed by atoms with Gasteiger partial charge in [-0.2, -0.15) is 0 Å². The highest BCUT2D eigenvalue weighted by Gasteiger charge is 2.27. The Bertz CT molecular complexity index is 866. The second-order valence-corrected chi connectivity index (χ2v) is 8.18. The van der Waals surface area contributed by atoms with E-state index in [2.05, 4.69) is 5.32 Å². The molecule has 2 amide bonds. The summed E-state index contributed by atoms with van der Waals surface area (Å²) in [6.45, 7) is 10.2. The van der Waals surface area contributed by atoms with Gasteiger partial charge in [0, 0.05) is 17.6 Å². The third kappa shape index (κ3) is 6.60. The van der Waals surface area contributed by atoms with E-state index in [1.54, 1.807) is 17.9 Å². The molecule has 2 aromatic carbocycles. The number of halogens is 1. The quantitative estimate of drug-likeness (QED) is 0.672. The summed E-state index contributed by atoms with van der Waals surface area (Å²) in [6.07, 6.45) is 1.09. The number of carbonyl (C=O) groups excluding carboxylic acids is 2. The number of nitrogens with one attached hydrogen (secondary N) is 1. The Balaban J connectivity index is 2.25. The van der Waals surface area contributed by atoms with Crippen LogP contribution in [0.25, 0.3) is 0 Å². The molecule has 2 rings (SSSR count). The summed E-state index contributed by atoms with van der Waals surface area (Å²) in [5.41, 5.74) is 4.19. The minimum absolute atomic E-state index is 0.0628. The second-order valence-electron chi connectivity index (χ2n) is 7.74. The molecule has 0 radical (unpaired) electrons. The zero-order valence-electron chi connectivity index (χ0n) is 18.0. The SMILES string of the molecule is CC[C@@H](C)NC(=O)[C@@H](C)N(Cc1cccc(Cl)c1)C(=O)Cc1ccc(C)c(C)c1. The van der Waals surface area contributed by atoms with Crippen LogP contribution >= 0.6 is 11.6 Å². The normalized spacial score (nSPS) is 12.9. The maximum Gasteiger partial charge on any atom is 0.242 e. The van der Waals surface area contributed by atoms with E-state index in [4.69, 9.17) is 11.6 Å². The monoisotopic (exact) mass is 414 g/mol. The fourth-order valence-electron chi connectivity index (χ4n) is 3.07. The number of hydrogen-bond acceptors (Lipinski definition) is 2. The molecule has 5 heteroatoms. The molecule has 1 N–H and O–H groups in total. The minimum Gasteiger partial charge on any atom is -0.352 e. The van der Waals surface area contributed by atoms with E-state index in [-0.39, 0.29) is 24.3 Å². The van der Waals surface area contributed by atoms with Gasteiger partial charge in [0.25, 0.3) is 0 Å². The van der Waals surface area contributed by atoms with Crippen LogP contribution in [0, 0.1) is 13.8 Å². The zero-order chi connectivity index (χ0) is 21.6. The smallest absolute Gasteiger partial charge is 0.242 e. The molecule has 0 spiro atoms. The van der Waals surface area contributed by atoms with Crippen molar-refractivity contribution < 1.29 is 9.59 Å². The molecule has 0 aliphatic heterocycles. The summed E-state index contributed by atoms with van der Waals surface area (Å²) in [7, 11) is 0. The van der Waals surface area contributed by atoms with Gasteiger partial charge in [-0.1, -0.05) is 48.9 Å². The van der Waals surface area contributed by atoms with Gasteiger partial charge in [0.1, 0.15) is 6.04 Å². The fraction of sp³-hybridized carbons (Fsp3) is 0.417. The van der Waals surface area contributed by atoms with Gasteiger partial charge in [0.2, 0.25) is 11.8 Å². The highest BCUT2D eigenvalue weighted by molar-refractivity contribution is 6.30. The van der Waals surface area contributed by atoms with Crippen molar-refractivity contribution in [1.82, 2.24) is 10.2 Å². The molecule has 156 valence electrons. The average molecular weight is 415 g/mol. The standard InChI is InChI=1S/C24H31ClN2O2/c1-6-18(4)26-24(29)19(5)27(15-21-8-7-9-22(25)13-21)23(28)14-20-11-10-16(2)17(3)12-20/h7-13,18-19H,6,14-15H2,1-5H3,(H,26,29)/t18-,19-/m1/s1. The van der Waals surface area contributed by atoms with Gasteiger partial charge in [-0.25, -0.2) is 0 Å². The number of hydrogen-bond donors (Lipinski definition) is 1. The first-order chi connectivity index (χ1) is 13.7. The van der Waals surface area contributed by atoms with Crippen molar-refractivity contribution in [3.05, 3.63) is 69.7 Å². The molecule has 0 bridgehead atoms. The van der Waals surface area contributed by atoms with Crippen LogP contribution in [0.5, 0.6) is 0 Å². The van der Waals surface area contributed by atoms with Gasteiger partial charge in [-0.15, -0.1) is 0 Å². The molecular formula is C24H31ClN2O2. The molecule has 0 aromatic heterocycles. The highest BCUT2D eigenvalue weighted by Crippen LogP contribution is 2.17. The van der Waals surface area contributed by atoms with E-state index < -0.39 is 6.04 Å². The third-order valence-corrected chi connectivity index (χ3v) is 5.57. The first kappa shape index (κ1) is 23.0. The van der Waals surface area contributed by atoms with Crippen LogP contribution in [0.15, 0.2) is 42.5 Å². The van der Waals surface area contributed by atoms with Crippen molar-refractivity contribution in [1.29, 1.82) is 0 Å². The van der Waals surface area contributed by atoms with Crippen LogP contribution in [0.3, 0.4) is 0 Å². The van der Waals surface area contributed by atoms with Gasteiger partial charge in [0.15, 0.2) is 0 Å². The third-order valence-electron chi connectivity index (χ3n) is 5.34. The summed E-state index contributed by atoms with van der Waals surface area (Å²) in [5, 5.41) is 3.60. The van der Waals surface area contributed by atoms with E-state index in [0.717, 1.165) is 23.1 Å². The predicted molar refractivity (Wildman–Crippen MR) is 119 cm³/mol. The highest BCUT2D eigenvalue weighted by atomic mass is 35.5. The lowest BCUT2D eigenvalue weighted by molar-refractivity contribution is -0.140. The van der Waals surface area contributed by atoms with Gasteiger partial charge in [0.05, 0.1) is 6.42 Å². The van der Waals surface area contributed by atoms with Crippen LogP contribution in [-0.4, -0.2) is 28.8 Å². The lowest BCUT2D eigenvalue weighted by Crippen LogP contribution is -2.49. The van der Waals surface area contributed by atoms with Crippen molar-refractivity contribution in [2.75, 3.05) is 0 Å². The summed E-state index contributed by atoms with van der Waals surface area (Å²) < 4.78 is 0. The number of nitrogens with zero attached hydrogens (tertiary/aromatic N) is 1. The second kappa shape index (κ2) is 10.4. The molecule has 0 aliphatic carbocycles. The molecule has 29 heavy (non-hydrogen) atoms. The lowest BCUT2D eigenvalue weighted by atomic mass is 10.0. The van der Waals surface area contributed by atoms with Gasteiger partial charge in [-0.3, -0.25) is 9.59 Å². The van der Waals surface area contributed by atoms with Crippen LogP contribution in [0.2, 0.25) is 5.02 Å². The lowest BCUT2D eigenvalue weighted by Gasteiger charge is -2.30. The predicted octanol–water partition coefficient (Wildman–Crippen LogP) is 4.83. The molecule has 0 saturated carbocycles. The first-order valence-corrected chi connectivity index (χ1v) is 10.5.